The molecule has 1 aliphatic rings. The SMILES string of the molecule is N#Cc1ccccc1CSCCNC(=O)C1CC1c1ccccc1Cl. The first-order valence-electron chi connectivity index (χ1n) is 8.28. The Balaban J connectivity index is 1.38. The predicted molar refractivity (Wildman–Crippen MR) is 103 cm³/mol. The number of carbonyl (C=O) groups is 1. The van der Waals surface area contributed by atoms with Crippen LogP contribution in [0.15, 0.2) is 48.5 Å². The Morgan fingerprint density at radius 3 is 2.80 bits per heavy atom. The number of benzene rings is 2. The quantitative estimate of drug-likeness (QED) is 0.736. The standard InChI is InChI=1S/C20H19ClN2OS/c21-19-8-4-3-7-16(19)17-11-18(17)20(24)23-9-10-25-13-15-6-2-1-5-14(15)12-22/h1-8,17-18H,9-11,13H2,(H,23,24). The molecule has 2 aromatic carbocycles. The molecule has 0 radical (unpaired) electrons. The fourth-order valence-corrected chi connectivity index (χ4v) is 4.06. The maximum absolute atomic E-state index is 12.2. The van der Waals surface area contributed by atoms with Crippen molar-refractivity contribution in [3.8, 4) is 6.07 Å². The first-order valence-corrected chi connectivity index (χ1v) is 9.82. The summed E-state index contributed by atoms with van der Waals surface area (Å²) in [6.07, 6.45) is 0.873. The minimum absolute atomic E-state index is 0.0456. The van der Waals surface area contributed by atoms with Gasteiger partial charge in [-0.25, -0.2) is 0 Å². The summed E-state index contributed by atoms with van der Waals surface area (Å²) >= 11 is 7.92. The number of hydrogen-bond donors (Lipinski definition) is 1. The summed E-state index contributed by atoms with van der Waals surface area (Å²) < 4.78 is 0. The summed E-state index contributed by atoms with van der Waals surface area (Å²) in [4.78, 5) is 12.2. The second-order valence-electron chi connectivity index (χ2n) is 6.08. The lowest BCUT2D eigenvalue weighted by molar-refractivity contribution is -0.122. The third-order valence-corrected chi connectivity index (χ3v) is 5.73. The van der Waals surface area contributed by atoms with Gasteiger partial charge in [0.15, 0.2) is 0 Å². The Morgan fingerprint density at radius 2 is 2.00 bits per heavy atom. The van der Waals surface area contributed by atoms with E-state index in [1.807, 2.05) is 48.5 Å². The van der Waals surface area contributed by atoms with E-state index < -0.39 is 0 Å². The Labute approximate surface area is 157 Å². The van der Waals surface area contributed by atoms with Crippen LogP contribution >= 0.6 is 23.4 Å². The monoisotopic (exact) mass is 370 g/mol. The number of halogens is 1. The van der Waals surface area contributed by atoms with Crippen molar-refractivity contribution < 1.29 is 4.79 Å². The maximum Gasteiger partial charge on any atom is 0.223 e. The number of amides is 1. The molecule has 2 atom stereocenters. The summed E-state index contributed by atoms with van der Waals surface area (Å²) in [5.41, 5.74) is 2.84. The van der Waals surface area contributed by atoms with Crippen LogP contribution in [0.2, 0.25) is 5.02 Å². The van der Waals surface area contributed by atoms with Gasteiger partial charge < -0.3 is 5.32 Å². The predicted octanol–water partition coefficient (Wildman–Crippen LogP) is 4.36. The van der Waals surface area contributed by atoms with Gasteiger partial charge in [0.25, 0.3) is 0 Å². The minimum atomic E-state index is 0.0456. The number of thioether (sulfide) groups is 1. The van der Waals surface area contributed by atoms with Crippen molar-refractivity contribution in [1.29, 1.82) is 5.26 Å². The number of nitrogens with zero attached hydrogens (tertiary/aromatic N) is 1. The molecule has 0 aromatic heterocycles. The summed E-state index contributed by atoms with van der Waals surface area (Å²) in [5.74, 6) is 2.02. The van der Waals surface area contributed by atoms with Crippen LogP contribution in [-0.2, 0) is 10.5 Å². The topological polar surface area (TPSA) is 52.9 Å². The second-order valence-corrected chi connectivity index (χ2v) is 7.60. The fraction of sp³-hybridized carbons (Fsp3) is 0.300. The van der Waals surface area contributed by atoms with Gasteiger partial charge >= 0.3 is 0 Å². The molecule has 0 saturated heterocycles. The molecule has 0 aliphatic heterocycles. The van der Waals surface area contributed by atoms with Crippen LogP contribution in [0.5, 0.6) is 0 Å². The van der Waals surface area contributed by atoms with Gasteiger partial charge in [-0.15, -0.1) is 0 Å². The van der Waals surface area contributed by atoms with E-state index in [4.69, 9.17) is 16.9 Å². The Bertz CT molecular complexity index is 802. The van der Waals surface area contributed by atoms with Crippen molar-refractivity contribution in [3.05, 3.63) is 70.2 Å². The van der Waals surface area contributed by atoms with Gasteiger partial charge in [0, 0.05) is 29.0 Å². The molecule has 25 heavy (non-hydrogen) atoms. The number of nitriles is 1. The zero-order valence-electron chi connectivity index (χ0n) is 13.7. The molecule has 2 unspecified atom stereocenters. The molecule has 1 saturated carbocycles. The molecule has 0 bridgehead atoms. The average Bonchev–Trinajstić information content (AvgIpc) is 3.42. The summed E-state index contributed by atoms with van der Waals surface area (Å²) in [5, 5.41) is 12.8. The fourth-order valence-electron chi connectivity index (χ4n) is 2.92. The molecule has 3 rings (SSSR count). The number of rotatable bonds is 7. The highest BCUT2D eigenvalue weighted by Crippen LogP contribution is 2.49. The number of nitrogens with one attached hydrogen (secondary N) is 1. The van der Waals surface area contributed by atoms with Crippen LogP contribution in [-0.4, -0.2) is 18.2 Å². The van der Waals surface area contributed by atoms with Crippen LogP contribution in [0.3, 0.4) is 0 Å². The summed E-state index contributed by atoms with van der Waals surface area (Å²) in [6, 6.07) is 17.6. The molecule has 1 amide bonds. The molecule has 0 heterocycles. The molecule has 128 valence electrons. The molecule has 1 N–H and O–H groups in total. The van der Waals surface area contributed by atoms with E-state index >= 15 is 0 Å². The molecule has 3 nitrogen and oxygen atoms in total. The first-order chi connectivity index (χ1) is 12.2. The van der Waals surface area contributed by atoms with Crippen molar-refractivity contribution in [1.82, 2.24) is 5.32 Å². The van der Waals surface area contributed by atoms with Crippen molar-refractivity contribution in [2.45, 2.75) is 18.1 Å². The smallest absolute Gasteiger partial charge is 0.223 e. The van der Waals surface area contributed by atoms with E-state index in [9.17, 15) is 4.79 Å². The van der Waals surface area contributed by atoms with Gasteiger partial charge in [-0.05, 0) is 35.6 Å². The maximum atomic E-state index is 12.2. The number of carbonyl (C=O) groups excluding carboxylic acids is 1. The van der Waals surface area contributed by atoms with Crippen molar-refractivity contribution >= 4 is 29.3 Å². The lowest BCUT2D eigenvalue weighted by Gasteiger charge is -2.07. The van der Waals surface area contributed by atoms with E-state index in [0.29, 0.717) is 6.54 Å². The molecule has 5 heteroatoms. The molecule has 2 aromatic rings. The second kappa shape index (κ2) is 8.42. The van der Waals surface area contributed by atoms with Gasteiger partial charge in [0.05, 0.1) is 11.6 Å². The Hall–Kier alpha value is -1.96. The average molecular weight is 371 g/mol. The Kier molecular flexibility index (Phi) is 6.01. The van der Waals surface area contributed by atoms with E-state index in [-0.39, 0.29) is 17.7 Å². The van der Waals surface area contributed by atoms with Gasteiger partial charge in [-0.2, -0.15) is 17.0 Å². The lowest BCUT2D eigenvalue weighted by Crippen LogP contribution is -2.27. The minimum Gasteiger partial charge on any atom is -0.355 e. The summed E-state index contributed by atoms with van der Waals surface area (Å²) in [7, 11) is 0. The molecular weight excluding hydrogens is 352 g/mol. The zero-order valence-corrected chi connectivity index (χ0v) is 15.3. The molecular formula is C20H19ClN2OS. The van der Waals surface area contributed by atoms with Crippen LogP contribution in [0, 0.1) is 17.2 Å². The van der Waals surface area contributed by atoms with E-state index in [1.54, 1.807) is 11.8 Å². The van der Waals surface area contributed by atoms with E-state index in [1.165, 1.54) is 0 Å². The number of hydrogen-bond acceptors (Lipinski definition) is 3. The van der Waals surface area contributed by atoms with Crippen LogP contribution in [0.4, 0.5) is 0 Å². The third kappa shape index (κ3) is 4.56. The van der Waals surface area contributed by atoms with Crippen LogP contribution < -0.4 is 5.32 Å². The summed E-state index contributed by atoms with van der Waals surface area (Å²) in [6.45, 7) is 0.643. The largest absolute Gasteiger partial charge is 0.355 e. The van der Waals surface area contributed by atoms with Gasteiger partial charge in [0.1, 0.15) is 0 Å². The highest BCUT2D eigenvalue weighted by Gasteiger charge is 2.44. The van der Waals surface area contributed by atoms with E-state index in [2.05, 4.69) is 11.4 Å². The third-order valence-electron chi connectivity index (χ3n) is 4.37. The van der Waals surface area contributed by atoms with Crippen molar-refractivity contribution in [2.75, 3.05) is 12.3 Å². The molecule has 1 fully saturated rings. The molecule has 0 spiro atoms. The van der Waals surface area contributed by atoms with Gasteiger partial charge in [-0.3, -0.25) is 4.79 Å². The first kappa shape index (κ1) is 17.8. The Morgan fingerprint density at radius 1 is 1.24 bits per heavy atom. The normalized spacial score (nSPS) is 18.4. The zero-order chi connectivity index (χ0) is 17.6. The van der Waals surface area contributed by atoms with Crippen molar-refractivity contribution in [3.63, 3.8) is 0 Å². The van der Waals surface area contributed by atoms with Crippen molar-refractivity contribution in [2.24, 2.45) is 5.92 Å². The lowest BCUT2D eigenvalue weighted by atomic mass is 10.1. The van der Waals surface area contributed by atoms with Crippen LogP contribution in [0.25, 0.3) is 0 Å². The molecule has 1 aliphatic carbocycles. The highest BCUT2D eigenvalue weighted by atomic mass is 35.5. The van der Waals surface area contributed by atoms with Gasteiger partial charge in [-0.1, -0.05) is 48.0 Å². The van der Waals surface area contributed by atoms with E-state index in [0.717, 1.165) is 39.6 Å². The van der Waals surface area contributed by atoms with Crippen LogP contribution in [0.1, 0.15) is 29.0 Å². The van der Waals surface area contributed by atoms with Gasteiger partial charge in [0.2, 0.25) is 5.91 Å². The highest BCUT2D eigenvalue weighted by molar-refractivity contribution is 7.98.